The molecule has 3 rings (SSSR count). The van der Waals surface area contributed by atoms with Crippen LogP contribution in [-0.2, 0) is 16.1 Å². The monoisotopic (exact) mass is 363 g/mol. The number of amides is 1. The van der Waals surface area contributed by atoms with Gasteiger partial charge in [0.05, 0.1) is 13.2 Å². The second-order valence-corrected chi connectivity index (χ2v) is 7.40. The summed E-state index contributed by atoms with van der Waals surface area (Å²) in [6.07, 6.45) is 0.983. The van der Waals surface area contributed by atoms with Crippen molar-refractivity contribution in [2.45, 2.75) is 19.9 Å². The summed E-state index contributed by atoms with van der Waals surface area (Å²) in [4.78, 5) is 19.5. The van der Waals surface area contributed by atoms with Crippen LogP contribution in [0.25, 0.3) is 0 Å². The summed E-state index contributed by atoms with van der Waals surface area (Å²) in [5, 5.41) is 0. The summed E-state index contributed by atoms with van der Waals surface area (Å²) in [5.74, 6) is 0.0903. The molecule has 2 fully saturated rings. The van der Waals surface area contributed by atoms with E-state index in [0.29, 0.717) is 0 Å². The molecule has 0 bridgehead atoms. The standard InChI is InChI=1S/C20H30FN3O2/c1-17(15-23-11-13-26-14-12-23)20(25)24-8-2-7-22(9-10-24)16-18-3-5-19(21)6-4-18/h3-6,17H,2,7-16H2,1H3/t17-/m0/s1. The minimum atomic E-state index is -0.198. The zero-order valence-electron chi connectivity index (χ0n) is 15.7. The number of carbonyl (C=O) groups is 1. The Morgan fingerprint density at radius 3 is 2.50 bits per heavy atom. The van der Waals surface area contributed by atoms with E-state index in [1.165, 1.54) is 12.1 Å². The highest BCUT2D eigenvalue weighted by atomic mass is 19.1. The molecule has 5 nitrogen and oxygen atoms in total. The molecule has 144 valence electrons. The fourth-order valence-electron chi connectivity index (χ4n) is 3.76. The van der Waals surface area contributed by atoms with Crippen LogP contribution in [0, 0.1) is 11.7 Å². The number of ether oxygens (including phenoxy) is 1. The fourth-order valence-corrected chi connectivity index (χ4v) is 3.76. The van der Waals surface area contributed by atoms with Gasteiger partial charge in [0.15, 0.2) is 0 Å². The SMILES string of the molecule is C[C@@H](CN1CCOCC1)C(=O)N1CCCN(Cc2ccc(F)cc2)CC1. The number of morpholine rings is 1. The van der Waals surface area contributed by atoms with Crippen LogP contribution in [0.15, 0.2) is 24.3 Å². The fraction of sp³-hybridized carbons (Fsp3) is 0.650. The quantitative estimate of drug-likeness (QED) is 0.800. The summed E-state index contributed by atoms with van der Waals surface area (Å²) >= 11 is 0. The largest absolute Gasteiger partial charge is 0.379 e. The summed E-state index contributed by atoms with van der Waals surface area (Å²) < 4.78 is 18.4. The zero-order chi connectivity index (χ0) is 18.4. The van der Waals surface area contributed by atoms with Crippen molar-refractivity contribution in [2.24, 2.45) is 5.92 Å². The van der Waals surface area contributed by atoms with E-state index in [2.05, 4.69) is 9.80 Å². The molecule has 0 N–H and O–H groups in total. The van der Waals surface area contributed by atoms with Crippen LogP contribution < -0.4 is 0 Å². The summed E-state index contributed by atoms with van der Waals surface area (Å²) in [6, 6.07) is 6.70. The van der Waals surface area contributed by atoms with Gasteiger partial charge in [-0.2, -0.15) is 0 Å². The molecule has 2 aliphatic rings. The molecule has 0 aromatic heterocycles. The lowest BCUT2D eigenvalue weighted by molar-refractivity contribution is -0.135. The molecule has 0 aliphatic carbocycles. The Bertz CT molecular complexity index is 575. The van der Waals surface area contributed by atoms with Gasteiger partial charge in [-0.25, -0.2) is 4.39 Å². The van der Waals surface area contributed by atoms with E-state index in [4.69, 9.17) is 4.74 Å². The lowest BCUT2D eigenvalue weighted by atomic mass is 10.1. The van der Waals surface area contributed by atoms with Gasteiger partial charge in [-0.05, 0) is 24.1 Å². The first kappa shape index (κ1) is 19.3. The topological polar surface area (TPSA) is 36.0 Å². The molecule has 0 radical (unpaired) electrons. The van der Waals surface area contributed by atoms with Gasteiger partial charge in [0.1, 0.15) is 5.82 Å². The lowest BCUT2D eigenvalue weighted by Gasteiger charge is -2.31. The van der Waals surface area contributed by atoms with Crippen LogP contribution in [0.2, 0.25) is 0 Å². The van der Waals surface area contributed by atoms with E-state index in [9.17, 15) is 9.18 Å². The van der Waals surface area contributed by atoms with E-state index >= 15 is 0 Å². The van der Waals surface area contributed by atoms with Crippen molar-refractivity contribution < 1.29 is 13.9 Å². The molecule has 2 aliphatic heterocycles. The van der Waals surface area contributed by atoms with Crippen LogP contribution in [0.3, 0.4) is 0 Å². The second kappa shape index (κ2) is 9.44. The molecular weight excluding hydrogens is 333 g/mol. The number of hydrogen-bond acceptors (Lipinski definition) is 4. The minimum absolute atomic E-state index is 0.0248. The second-order valence-electron chi connectivity index (χ2n) is 7.40. The van der Waals surface area contributed by atoms with E-state index in [0.717, 1.165) is 77.6 Å². The first-order valence-corrected chi connectivity index (χ1v) is 9.67. The number of carbonyl (C=O) groups excluding carboxylic acids is 1. The third kappa shape index (κ3) is 5.50. The van der Waals surface area contributed by atoms with Crippen molar-refractivity contribution in [3.05, 3.63) is 35.6 Å². The number of halogens is 1. The molecule has 1 atom stereocenters. The maximum absolute atomic E-state index is 13.0. The summed E-state index contributed by atoms with van der Waals surface area (Å²) in [7, 11) is 0. The Morgan fingerprint density at radius 1 is 1.04 bits per heavy atom. The Kier molecular flexibility index (Phi) is 7.00. The molecule has 0 saturated carbocycles. The highest BCUT2D eigenvalue weighted by Crippen LogP contribution is 2.13. The van der Waals surface area contributed by atoms with Crippen molar-refractivity contribution in [1.82, 2.24) is 14.7 Å². The van der Waals surface area contributed by atoms with E-state index < -0.39 is 0 Å². The first-order chi connectivity index (χ1) is 12.6. The van der Waals surface area contributed by atoms with Crippen LogP contribution in [0.4, 0.5) is 4.39 Å². The number of rotatable bonds is 5. The van der Waals surface area contributed by atoms with Gasteiger partial charge in [-0.3, -0.25) is 14.6 Å². The normalized spacial score (nSPS) is 21.4. The maximum atomic E-state index is 13.0. The van der Waals surface area contributed by atoms with Crippen LogP contribution >= 0.6 is 0 Å². The third-order valence-electron chi connectivity index (χ3n) is 5.28. The molecular formula is C20H30FN3O2. The Morgan fingerprint density at radius 2 is 1.77 bits per heavy atom. The van der Waals surface area contributed by atoms with Crippen LogP contribution in [0.5, 0.6) is 0 Å². The van der Waals surface area contributed by atoms with Gasteiger partial charge in [-0.15, -0.1) is 0 Å². The average molecular weight is 363 g/mol. The number of nitrogens with zero attached hydrogens (tertiary/aromatic N) is 3. The summed E-state index contributed by atoms with van der Waals surface area (Å²) in [5.41, 5.74) is 1.12. The molecule has 0 unspecified atom stereocenters. The Balaban J connectivity index is 1.47. The van der Waals surface area contributed by atoms with Gasteiger partial charge in [0, 0.05) is 58.3 Å². The molecule has 2 heterocycles. The summed E-state index contributed by atoms with van der Waals surface area (Å²) in [6.45, 7) is 10.5. The zero-order valence-corrected chi connectivity index (χ0v) is 15.7. The van der Waals surface area contributed by atoms with Crippen LogP contribution in [0.1, 0.15) is 18.9 Å². The van der Waals surface area contributed by atoms with Gasteiger partial charge in [0.2, 0.25) is 5.91 Å². The van der Waals surface area contributed by atoms with E-state index in [1.54, 1.807) is 0 Å². The van der Waals surface area contributed by atoms with Crippen molar-refractivity contribution in [2.75, 3.05) is 59.0 Å². The van der Waals surface area contributed by atoms with Crippen LogP contribution in [-0.4, -0.2) is 79.6 Å². The predicted octanol–water partition coefficient (Wildman–Crippen LogP) is 1.83. The van der Waals surface area contributed by atoms with Gasteiger partial charge >= 0.3 is 0 Å². The number of hydrogen-bond donors (Lipinski definition) is 0. The van der Waals surface area contributed by atoms with Crippen molar-refractivity contribution in [3.8, 4) is 0 Å². The van der Waals surface area contributed by atoms with Gasteiger partial charge in [0.25, 0.3) is 0 Å². The van der Waals surface area contributed by atoms with Crippen molar-refractivity contribution in [1.29, 1.82) is 0 Å². The average Bonchev–Trinajstić information content (AvgIpc) is 2.89. The molecule has 1 amide bonds. The minimum Gasteiger partial charge on any atom is -0.379 e. The smallest absolute Gasteiger partial charge is 0.226 e. The highest BCUT2D eigenvalue weighted by Gasteiger charge is 2.25. The van der Waals surface area contributed by atoms with E-state index in [-0.39, 0.29) is 17.6 Å². The van der Waals surface area contributed by atoms with Crippen molar-refractivity contribution >= 4 is 5.91 Å². The number of benzene rings is 1. The molecule has 1 aromatic carbocycles. The first-order valence-electron chi connectivity index (χ1n) is 9.67. The molecule has 6 heteroatoms. The van der Waals surface area contributed by atoms with E-state index in [1.807, 2.05) is 24.0 Å². The molecule has 26 heavy (non-hydrogen) atoms. The predicted molar refractivity (Wildman–Crippen MR) is 99.3 cm³/mol. The molecule has 2 saturated heterocycles. The lowest BCUT2D eigenvalue weighted by Crippen LogP contribution is -2.45. The Hall–Kier alpha value is -1.50. The Labute approximate surface area is 155 Å². The van der Waals surface area contributed by atoms with Crippen molar-refractivity contribution in [3.63, 3.8) is 0 Å². The maximum Gasteiger partial charge on any atom is 0.226 e. The van der Waals surface area contributed by atoms with Gasteiger partial charge in [-0.1, -0.05) is 19.1 Å². The molecule has 0 spiro atoms. The third-order valence-corrected chi connectivity index (χ3v) is 5.28. The molecule has 1 aromatic rings. The van der Waals surface area contributed by atoms with Gasteiger partial charge < -0.3 is 9.64 Å². The highest BCUT2D eigenvalue weighted by molar-refractivity contribution is 5.78.